The van der Waals surface area contributed by atoms with Gasteiger partial charge in [0.2, 0.25) is 0 Å². The molecule has 0 radical (unpaired) electrons. The highest BCUT2D eigenvalue weighted by atomic mass is 16.6. The van der Waals surface area contributed by atoms with Gasteiger partial charge in [-0.05, 0) is 40.2 Å². The molecule has 2 amide bonds. The standard InChI is InChI=1S/C21H28N2O6/c1-6-27-19(24)13-18-17(12-16-10-8-7-9-11-16)22(20(25)28-14(2)3)23(18)21(26)29-15(4)5/h7-11,13-15,17H,6,12H2,1-5H3/b18-13-. The molecule has 1 fully saturated rings. The Bertz CT molecular complexity index is 760. The summed E-state index contributed by atoms with van der Waals surface area (Å²) in [6.45, 7) is 8.72. The highest BCUT2D eigenvalue weighted by molar-refractivity contribution is 5.87. The molecule has 0 bridgehead atoms. The van der Waals surface area contributed by atoms with Crippen LogP contribution in [0.3, 0.4) is 0 Å². The van der Waals surface area contributed by atoms with Crippen LogP contribution in [0.1, 0.15) is 40.2 Å². The van der Waals surface area contributed by atoms with Gasteiger partial charge in [0.25, 0.3) is 0 Å². The second-order valence-corrected chi connectivity index (χ2v) is 7.05. The smallest absolute Gasteiger partial charge is 0.433 e. The molecule has 1 atom stereocenters. The minimum atomic E-state index is -0.763. The molecule has 0 saturated carbocycles. The lowest BCUT2D eigenvalue weighted by Crippen LogP contribution is -2.67. The molecule has 0 N–H and O–H groups in total. The van der Waals surface area contributed by atoms with Crippen LogP contribution in [-0.4, -0.2) is 53.0 Å². The molecular formula is C21H28N2O6. The van der Waals surface area contributed by atoms with Crippen molar-refractivity contribution < 1.29 is 28.6 Å². The van der Waals surface area contributed by atoms with Gasteiger partial charge in [0.15, 0.2) is 0 Å². The number of carbonyl (C=O) groups excluding carboxylic acids is 3. The van der Waals surface area contributed by atoms with Gasteiger partial charge in [-0.25, -0.2) is 14.4 Å². The normalized spacial score (nSPS) is 17.3. The van der Waals surface area contributed by atoms with E-state index in [4.69, 9.17) is 14.2 Å². The Hall–Kier alpha value is -3.03. The number of hydrogen-bond acceptors (Lipinski definition) is 6. The molecule has 1 aromatic rings. The fourth-order valence-corrected chi connectivity index (χ4v) is 2.87. The van der Waals surface area contributed by atoms with Gasteiger partial charge in [0.05, 0.1) is 24.5 Å². The summed E-state index contributed by atoms with van der Waals surface area (Å²) in [6, 6.07) is 8.88. The van der Waals surface area contributed by atoms with Crippen molar-refractivity contribution in [3.63, 3.8) is 0 Å². The lowest BCUT2D eigenvalue weighted by atomic mass is 9.98. The molecule has 8 nitrogen and oxygen atoms in total. The van der Waals surface area contributed by atoms with Gasteiger partial charge in [-0.1, -0.05) is 30.3 Å². The van der Waals surface area contributed by atoms with Gasteiger partial charge in [0, 0.05) is 12.5 Å². The van der Waals surface area contributed by atoms with E-state index in [-0.39, 0.29) is 12.7 Å². The quantitative estimate of drug-likeness (QED) is 0.409. The zero-order valence-electron chi connectivity index (χ0n) is 17.5. The van der Waals surface area contributed by atoms with Crippen molar-refractivity contribution in [2.24, 2.45) is 0 Å². The van der Waals surface area contributed by atoms with Crippen LogP contribution in [0.25, 0.3) is 0 Å². The number of rotatable bonds is 6. The number of carbonyl (C=O) groups is 3. The third-order valence-electron chi connectivity index (χ3n) is 3.95. The minimum Gasteiger partial charge on any atom is -0.463 e. The molecule has 158 valence electrons. The van der Waals surface area contributed by atoms with Crippen molar-refractivity contribution in [2.75, 3.05) is 6.61 Å². The van der Waals surface area contributed by atoms with E-state index in [2.05, 4.69) is 0 Å². The number of hydrazine groups is 1. The highest BCUT2D eigenvalue weighted by Gasteiger charge is 2.50. The largest absolute Gasteiger partial charge is 0.463 e. The van der Waals surface area contributed by atoms with E-state index in [0.29, 0.717) is 12.1 Å². The van der Waals surface area contributed by atoms with Crippen molar-refractivity contribution >= 4 is 18.2 Å². The number of nitrogens with zero attached hydrogens (tertiary/aromatic N) is 2. The molecule has 8 heteroatoms. The summed E-state index contributed by atoms with van der Waals surface area (Å²) in [5.74, 6) is -0.597. The Balaban J connectivity index is 2.40. The number of hydrogen-bond donors (Lipinski definition) is 0. The van der Waals surface area contributed by atoms with Crippen molar-refractivity contribution in [1.29, 1.82) is 0 Å². The molecule has 1 saturated heterocycles. The fraction of sp³-hybridized carbons (Fsp3) is 0.476. The monoisotopic (exact) mass is 404 g/mol. The lowest BCUT2D eigenvalue weighted by Gasteiger charge is -2.50. The first-order valence-electron chi connectivity index (χ1n) is 9.67. The molecule has 0 aromatic heterocycles. The van der Waals surface area contributed by atoms with Crippen LogP contribution in [0, 0.1) is 0 Å². The zero-order valence-corrected chi connectivity index (χ0v) is 17.5. The molecule has 1 unspecified atom stereocenters. The summed E-state index contributed by atoms with van der Waals surface area (Å²) in [4.78, 5) is 37.4. The molecule has 1 aliphatic heterocycles. The lowest BCUT2D eigenvalue weighted by molar-refractivity contribution is -0.138. The Morgan fingerprint density at radius 2 is 1.59 bits per heavy atom. The van der Waals surface area contributed by atoms with Crippen LogP contribution < -0.4 is 0 Å². The van der Waals surface area contributed by atoms with E-state index in [9.17, 15) is 14.4 Å². The summed E-state index contributed by atoms with van der Waals surface area (Å²) in [7, 11) is 0. The van der Waals surface area contributed by atoms with Crippen molar-refractivity contribution in [3.8, 4) is 0 Å². The second-order valence-electron chi connectivity index (χ2n) is 7.05. The Morgan fingerprint density at radius 1 is 1.00 bits per heavy atom. The molecular weight excluding hydrogens is 376 g/mol. The zero-order chi connectivity index (χ0) is 21.6. The van der Waals surface area contributed by atoms with Gasteiger partial charge in [-0.3, -0.25) is 0 Å². The highest BCUT2D eigenvalue weighted by Crippen LogP contribution is 2.35. The van der Waals surface area contributed by atoms with Crippen LogP contribution in [-0.2, 0) is 25.4 Å². The topological polar surface area (TPSA) is 85.4 Å². The van der Waals surface area contributed by atoms with Crippen LogP contribution in [0.5, 0.6) is 0 Å². The molecule has 1 aromatic carbocycles. The van der Waals surface area contributed by atoms with Crippen LogP contribution in [0.2, 0.25) is 0 Å². The Kier molecular flexibility index (Phi) is 7.64. The number of esters is 1. The number of ether oxygens (including phenoxy) is 3. The number of benzene rings is 1. The summed E-state index contributed by atoms with van der Waals surface area (Å²) >= 11 is 0. The van der Waals surface area contributed by atoms with Gasteiger partial charge in [-0.15, -0.1) is 0 Å². The Labute approximate surface area is 171 Å². The Morgan fingerprint density at radius 3 is 2.14 bits per heavy atom. The van der Waals surface area contributed by atoms with E-state index in [1.165, 1.54) is 11.1 Å². The van der Waals surface area contributed by atoms with E-state index in [0.717, 1.165) is 10.6 Å². The van der Waals surface area contributed by atoms with Crippen molar-refractivity contribution in [1.82, 2.24) is 10.0 Å². The second kappa shape index (κ2) is 9.95. The fourth-order valence-electron chi connectivity index (χ4n) is 2.87. The molecule has 0 aliphatic carbocycles. The maximum Gasteiger partial charge on any atom is 0.433 e. The van der Waals surface area contributed by atoms with Crippen molar-refractivity contribution in [3.05, 3.63) is 47.7 Å². The van der Waals surface area contributed by atoms with Crippen LogP contribution in [0.4, 0.5) is 9.59 Å². The molecule has 29 heavy (non-hydrogen) atoms. The number of amides is 2. The maximum atomic E-state index is 12.7. The van der Waals surface area contributed by atoms with Crippen LogP contribution >= 0.6 is 0 Å². The van der Waals surface area contributed by atoms with Gasteiger partial charge >= 0.3 is 18.2 Å². The van der Waals surface area contributed by atoms with E-state index >= 15 is 0 Å². The molecule has 2 rings (SSSR count). The van der Waals surface area contributed by atoms with Crippen molar-refractivity contribution in [2.45, 2.75) is 59.3 Å². The summed E-state index contributed by atoms with van der Waals surface area (Å²) in [5, 5.41) is 2.22. The first-order chi connectivity index (χ1) is 13.7. The molecule has 1 aliphatic rings. The first-order valence-corrected chi connectivity index (χ1v) is 9.67. The van der Waals surface area contributed by atoms with Gasteiger partial charge in [-0.2, -0.15) is 10.0 Å². The third-order valence-corrected chi connectivity index (χ3v) is 3.95. The summed E-state index contributed by atoms with van der Waals surface area (Å²) in [5.41, 5.74) is 1.25. The minimum absolute atomic E-state index is 0.196. The van der Waals surface area contributed by atoms with E-state index in [1.807, 2.05) is 30.3 Å². The molecule has 0 spiro atoms. The summed E-state index contributed by atoms with van der Waals surface area (Å²) in [6.07, 6.45) is -0.616. The van der Waals surface area contributed by atoms with Crippen LogP contribution in [0.15, 0.2) is 42.1 Å². The van der Waals surface area contributed by atoms with Gasteiger partial charge in [0.1, 0.15) is 6.04 Å². The summed E-state index contributed by atoms with van der Waals surface area (Å²) < 4.78 is 15.5. The van der Waals surface area contributed by atoms with E-state index < -0.39 is 30.3 Å². The average molecular weight is 404 g/mol. The van der Waals surface area contributed by atoms with Gasteiger partial charge < -0.3 is 14.2 Å². The predicted octanol–water partition coefficient (Wildman–Crippen LogP) is 3.67. The maximum absolute atomic E-state index is 12.7. The third kappa shape index (κ3) is 5.73. The average Bonchev–Trinajstić information content (AvgIpc) is 2.62. The first kappa shape index (κ1) is 22.3. The predicted molar refractivity (Wildman–Crippen MR) is 106 cm³/mol. The SMILES string of the molecule is CCOC(=O)/C=C1/C(Cc2ccccc2)N(C(=O)OC(C)C)N1C(=O)OC(C)C. The molecule has 1 heterocycles. The van der Waals surface area contributed by atoms with E-state index in [1.54, 1.807) is 34.6 Å².